The maximum absolute atomic E-state index is 13.6. The van der Waals surface area contributed by atoms with Crippen LogP contribution in [0.1, 0.15) is 31.2 Å². The molecule has 5 heteroatoms. The Labute approximate surface area is 117 Å². The molecule has 3 nitrogen and oxygen atoms in total. The maximum Gasteiger partial charge on any atom is 0.224 e. The fourth-order valence-corrected chi connectivity index (χ4v) is 2.46. The first-order chi connectivity index (χ1) is 9.56. The Morgan fingerprint density at radius 3 is 2.90 bits per heavy atom. The van der Waals surface area contributed by atoms with E-state index in [1.807, 2.05) is 0 Å². The first-order valence-corrected chi connectivity index (χ1v) is 7.02. The molecule has 0 radical (unpaired) electrons. The molecule has 110 valence electrons. The first-order valence-electron chi connectivity index (χ1n) is 7.02. The van der Waals surface area contributed by atoms with Crippen LogP contribution in [0.15, 0.2) is 12.1 Å². The standard InChI is InChI=1S/C15H20F2N2O/c1-10-7-13(17)14(8-12(10)16)19-15(20)5-4-11-3-2-6-18-9-11/h7-8,11,18H,2-6,9H2,1H3,(H,19,20). The van der Waals surface area contributed by atoms with Crippen LogP contribution >= 0.6 is 0 Å². The van der Waals surface area contributed by atoms with Crippen molar-refractivity contribution in [3.63, 3.8) is 0 Å². The summed E-state index contributed by atoms with van der Waals surface area (Å²) in [5.41, 5.74) is 0.147. The van der Waals surface area contributed by atoms with E-state index in [0.29, 0.717) is 12.3 Å². The van der Waals surface area contributed by atoms with Gasteiger partial charge in [0.1, 0.15) is 11.6 Å². The van der Waals surface area contributed by atoms with Gasteiger partial charge in [-0.25, -0.2) is 8.78 Å². The molecule has 1 aromatic carbocycles. The van der Waals surface area contributed by atoms with Crippen molar-refractivity contribution in [1.29, 1.82) is 0 Å². The highest BCUT2D eigenvalue weighted by Crippen LogP contribution is 2.20. The van der Waals surface area contributed by atoms with Crippen molar-refractivity contribution in [3.8, 4) is 0 Å². The molecule has 1 unspecified atom stereocenters. The number of carbonyl (C=O) groups is 1. The largest absolute Gasteiger partial charge is 0.324 e. The van der Waals surface area contributed by atoms with E-state index < -0.39 is 11.6 Å². The minimum Gasteiger partial charge on any atom is -0.324 e. The summed E-state index contributed by atoms with van der Waals surface area (Å²) in [5.74, 6) is -0.887. The fraction of sp³-hybridized carbons (Fsp3) is 0.533. The molecule has 1 aliphatic rings. The van der Waals surface area contributed by atoms with E-state index in [0.717, 1.165) is 44.5 Å². The Balaban J connectivity index is 1.86. The number of nitrogens with one attached hydrogen (secondary N) is 2. The smallest absolute Gasteiger partial charge is 0.224 e. The van der Waals surface area contributed by atoms with E-state index in [9.17, 15) is 13.6 Å². The summed E-state index contributed by atoms with van der Waals surface area (Å²) in [6, 6.07) is 2.13. The number of piperidine rings is 1. The molecule has 1 fully saturated rings. The maximum atomic E-state index is 13.6. The predicted molar refractivity (Wildman–Crippen MR) is 74.6 cm³/mol. The molecular weight excluding hydrogens is 262 g/mol. The highest BCUT2D eigenvalue weighted by Gasteiger charge is 2.15. The highest BCUT2D eigenvalue weighted by molar-refractivity contribution is 5.90. The number of halogens is 2. The molecule has 1 saturated heterocycles. The summed E-state index contributed by atoms with van der Waals surface area (Å²) >= 11 is 0. The predicted octanol–water partition coefficient (Wildman–Crippen LogP) is 2.99. The van der Waals surface area contributed by atoms with Gasteiger partial charge in [-0.05, 0) is 56.8 Å². The lowest BCUT2D eigenvalue weighted by Gasteiger charge is -2.22. The van der Waals surface area contributed by atoms with Gasteiger partial charge in [0.25, 0.3) is 0 Å². The molecule has 2 rings (SSSR count). The van der Waals surface area contributed by atoms with Gasteiger partial charge in [-0.1, -0.05) is 0 Å². The van der Waals surface area contributed by atoms with Gasteiger partial charge in [0.15, 0.2) is 0 Å². The monoisotopic (exact) mass is 282 g/mol. The molecule has 0 spiro atoms. The quantitative estimate of drug-likeness (QED) is 0.891. The zero-order valence-electron chi connectivity index (χ0n) is 11.6. The van der Waals surface area contributed by atoms with Crippen LogP contribution in [-0.4, -0.2) is 19.0 Å². The molecule has 0 aliphatic carbocycles. The Bertz CT molecular complexity index is 485. The van der Waals surface area contributed by atoms with Crippen LogP contribution in [0.2, 0.25) is 0 Å². The Hall–Kier alpha value is -1.49. The minimum absolute atomic E-state index is 0.0835. The van der Waals surface area contributed by atoms with E-state index >= 15 is 0 Å². The van der Waals surface area contributed by atoms with Crippen LogP contribution in [-0.2, 0) is 4.79 Å². The number of aryl methyl sites for hydroxylation is 1. The van der Waals surface area contributed by atoms with E-state index in [4.69, 9.17) is 0 Å². The normalized spacial score (nSPS) is 18.9. The second-order valence-electron chi connectivity index (χ2n) is 5.38. The Morgan fingerprint density at radius 2 is 2.20 bits per heavy atom. The van der Waals surface area contributed by atoms with Crippen LogP contribution in [0.3, 0.4) is 0 Å². The molecule has 1 aromatic rings. The van der Waals surface area contributed by atoms with Gasteiger partial charge in [0.05, 0.1) is 5.69 Å². The SMILES string of the molecule is Cc1cc(F)c(NC(=O)CCC2CCCNC2)cc1F. The summed E-state index contributed by atoms with van der Waals surface area (Å²) in [5, 5.41) is 5.73. The Morgan fingerprint density at radius 1 is 1.40 bits per heavy atom. The summed E-state index contributed by atoms with van der Waals surface area (Å²) in [4.78, 5) is 11.8. The highest BCUT2D eigenvalue weighted by atomic mass is 19.1. The topological polar surface area (TPSA) is 41.1 Å². The number of benzene rings is 1. The van der Waals surface area contributed by atoms with Gasteiger partial charge in [-0.15, -0.1) is 0 Å². The van der Waals surface area contributed by atoms with Crippen LogP contribution < -0.4 is 10.6 Å². The molecule has 0 aromatic heterocycles. The number of anilines is 1. The summed E-state index contributed by atoms with van der Waals surface area (Å²) in [6.45, 7) is 3.46. The number of amides is 1. The van der Waals surface area contributed by atoms with Gasteiger partial charge in [-0.2, -0.15) is 0 Å². The van der Waals surface area contributed by atoms with Gasteiger partial charge in [0, 0.05) is 12.5 Å². The number of rotatable bonds is 4. The summed E-state index contributed by atoms with van der Waals surface area (Å²) < 4.78 is 27.0. The third-order valence-corrected chi connectivity index (χ3v) is 3.70. The van der Waals surface area contributed by atoms with Crippen LogP contribution in [0.25, 0.3) is 0 Å². The first kappa shape index (κ1) is 14.9. The van der Waals surface area contributed by atoms with Crippen LogP contribution in [0.5, 0.6) is 0 Å². The van der Waals surface area contributed by atoms with Crippen molar-refractivity contribution in [2.45, 2.75) is 32.6 Å². The van der Waals surface area contributed by atoms with Crippen molar-refractivity contribution in [1.82, 2.24) is 5.32 Å². The molecule has 20 heavy (non-hydrogen) atoms. The average molecular weight is 282 g/mol. The molecule has 1 amide bonds. The third kappa shape index (κ3) is 4.00. The summed E-state index contributed by atoms with van der Waals surface area (Å²) in [7, 11) is 0. The van der Waals surface area contributed by atoms with Crippen molar-refractivity contribution in [2.75, 3.05) is 18.4 Å². The third-order valence-electron chi connectivity index (χ3n) is 3.70. The number of hydrogen-bond donors (Lipinski definition) is 2. The molecule has 0 saturated carbocycles. The molecule has 0 bridgehead atoms. The molecule has 2 N–H and O–H groups in total. The number of carbonyl (C=O) groups excluding carboxylic acids is 1. The van der Waals surface area contributed by atoms with E-state index in [-0.39, 0.29) is 17.2 Å². The lowest BCUT2D eigenvalue weighted by Crippen LogP contribution is -2.30. The van der Waals surface area contributed by atoms with Crippen molar-refractivity contribution < 1.29 is 13.6 Å². The lowest BCUT2D eigenvalue weighted by atomic mass is 9.94. The van der Waals surface area contributed by atoms with Crippen LogP contribution in [0, 0.1) is 24.5 Å². The zero-order chi connectivity index (χ0) is 14.5. The van der Waals surface area contributed by atoms with Crippen molar-refractivity contribution in [3.05, 3.63) is 29.3 Å². The molecular formula is C15H20F2N2O. The van der Waals surface area contributed by atoms with E-state index in [1.165, 1.54) is 6.92 Å². The van der Waals surface area contributed by atoms with Gasteiger partial charge in [-0.3, -0.25) is 4.79 Å². The van der Waals surface area contributed by atoms with E-state index in [1.54, 1.807) is 0 Å². The molecule has 1 heterocycles. The second-order valence-corrected chi connectivity index (χ2v) is 5.38. The van der Waals surface area contributed by atoms with Crippen LogP contribution in [0.4, 0.5) is 14.5 Å². The summed E-state index contributed by atoms with van der Waals surface area (Å²) in [6.07, 6.45) is 3.36. The minimum atomic E-state index is -0.600. The number of hydrogen-bond acceptors (Lipinski definition) is 2. The molecule has 1 atom stereocenters. The van der Waals surface area contributed by atoms with Crippen molar-refractivity contribution >= 4 is 11.6 Å². The van der Waals surface area contributed by atoms with E-state index in [2.05, 4.69) is 10.6 Å². The zero-order valence-corrected chi connectivity index (χ0v) is 11.6. The van der Waals surface area contributed by atoms with Gasteiger partial charge >= 0.3 is 0 Å². The van der Waals surface area contributed by atoms with Crippen molar-refractivity contribution in [2.24, 2.45) is 5.92 Å². The average Bonchev–Trinajstić information content (AvgIpc) is 2.44. The Kier molecular flexibility index (Phi) is 5.06. The van der Waals surface area contributed by atoms with Gasteiger partial charge in [0.2, 0.25) is 5.91 Å². The molecule has 1 aliphatic heterocycles. The van der Waals surface area contributed by atoms with Gasteiger partial charge < -0.3 is 10.6 Å². The lowest BCUT2D eigenvalue weighted by molar-refractivity contribution is -0.116. The second kappa shape index (κ2) is 6.79. The fourth-order valence-electron chi connectivity index (χ4n) is 2.46.